The Morgan fingerprint density at radius 1 is 0.722 bits per heavy atom. The molecule has 4 rings (SSSR count). The molecule has 0 atom stereocenters. The van der Waals surface area contributed by atoms with Gasteiger partial charge in [0.05, 0.1) is 25.6 Å². The summed E-state index contributed by atoms with van der Waals surface area (Å²) in [5, 5.41) is 5.61. The lowest BCUT2D eigenvalue weighted by Crippen LogP contribution is -2.16. The first-order valence-electron chi connectivity index (χ1n) is 12.1. The SMILES string of the molecule is COc1cc(NC(=O)c2ccccc2)c(OC)cc1NC(=O)CCC(=O)c1ccc2c(c1)CCCC2. The van der Waals surface area contributed by atoms with Gasteiger partial charge in [-0.2, -0.15) is 0 Å². The molecular weight excluding hydrogens is 456 g/mol. The first-order chi connectivity index (χ1) is 17.5. The molecule has 0 saturated carbocycles. The molecular formula is C29H30N2O5. The maximum Gasteiger partial charge on any atom is 0.255 e. The van der Waals surface area contributed by atoms with Crippen LogP contribution in [0.4, 0.5) is 11.4 Å². The summed E-state index contributed by atoms with van der Waals surface area (Å²) in [6.45, 7) is 0. The summed E-state index contributed by atoms with van der Waals surface area (Å²) in [6.07, 6.45) is 4.54. The number of fused-ring (bicyclic) bond motifs is 1. The fourth-order valence-electron chi connectivity index (χ4n) is 4.37. The standard InChI is InChI=1S/C29H30N2O5/c1-35-26-18-24(31-29(34)20-9-4-3-5-10-20)27(36-2)17-23(26)30-28(33)15-14-25(32)22-13-12-19-8-6-7-11-21(19)16-22/h3-5,9-10,12-13,16-18H,6-8,11,14-15H2,1-2H3,(H,30,33)(H,31,34). The predicted octanol–water partition coefficient (Wildman–Crippen LogP) is 5.44. The van der Waals surface area contributed by atoms with Crippen LogP contribution in [0.15, 0.2) is 60.7 Å². The molecule has 0 radical (unpaired) electrons. The number of amides is 2. The van der Waals surface area contributed by atoms with Gasteiger partial charge in [-0.3, -0.25) is 14.4 Å². The number of ketones is 1. The molecule has 2 amide bonds. The summed E-state index contributed by atoms with van der Waals surface area (Å²) in [5.74, 6) is 0.0484. The van der Waals surface area contributed by atoms with Crippen molar-refractivity contribution in [3.05, 3.63) is 82.9 Å². The van der Waals surface area contributed by atoms with Crippen molar-refractivity contribution >= 4 is 29.0 Å². The maximum atomic E-state index is 12.7. The zero-order valence-corrected chi connectivity index (χ0v) is 20.6. The third-order valence-corrected chi connectivity index (χ3v) is 6.33. The van der Waals surface area contributed by atoms with E-state index in [4.69, 9.17) is 9.47 Å². The molecule has 0 fully saturated rings. The maximum absolute atomic E-state index is 12.7. The van der Waals surface area contributed by atoms with E-state index in [1.54, 1.807) is 36.4 Å². The summed E-state index contributed by atoms with van der Waals surface area (Å²) >= 11 is 0. The number of ether oxygens (including phenoxy) is 2. The first kappa shape index (κ1) is 25.0. The summed E-state index contributed by atoms with van der Waals surface area (Å²) in [6, 6.07) is 17.9. The Morgan fingerprint density at radius 3 is 2.03 bits per heavy atom. The number of anilines is 2. The monoisotopic (exact) mass is 486 g/mol. The van der Waals surface area contributed by atoms with Crippen LogP contribution in [0.25, 0.3) is 0 Å². The summed E-state index contributed by atoms with van der Waals surface area (Å²) in [7, 11) is 2.95. The third-order valence-electron chi connectivity index (χ3n) is 6.33. The normalized spacial score (nSPS) is 12.3. The molecule has 0 heterocycles. The summed E-state index contributed by atoms with van der Waals surface area (Å²) < 4.78 is 10.9. The lowest BCUT2D eigenvalue weighted by atomic mass is 9.89. The van der Waals surface area contributed by atoms with Gasteiger partial charge in [-0.05, 0) is 55.0 Å². The molecule has 186 valence electrons. The molecule has 3 aromatic rings. The van der Waals surface area contributed by atoms with Crippen LogP contribution >= 0.6 is 0 Å². The van der Waals surface area contributed by atoms with E-state index < -0.39 is 0 Å². The van der Waals surface area contributed by atoms with E-state index in [0.29, 0.717) is 34.0 Å². The van der Waals surface area contributed by atoms with Crippen molar-refractivity contribution < 1.29 is 23.9 Å². The van der Waals surface area contributed by atoms with Crippen molar-refractivity contribution in [1.82, 2.24) is 0 Å². The van der Waals surface area contributed by atoms with Crippen LogP contribution in [0.3, 0.4) is 0 Å². The Balaban J connectivity index is 1.41. The highest BCUT2D eigenvalue weighted by Crippen LogP contribution is 2.37. The Bertz CT molecular complexity index is 1270. The van der Waals surface area contributed by atoms with Gasteiger partial charge in [-0.1, -0.05) is 30.3 Å². The van der Waals surface area contributed by atoms with E-state index in [0.717, 1.165) is 19.3 Å². The molecule has 0 aromatic heterocycles. The molecule has 2 N–H and O–H groups in total. The largest absolute Gasteiger partial charge is 0.494 e. The van der Waals surface area contributed by atoms with E-state index >= 15 is 0 Å². The van der Waals surface area contributed by atoms with Crippen LogP contribution in [-0.2, 0) is 17.6 Å². The minimum atomic E-state index is -0.317. The molecule has 1 aliphatic rings. The lowest BCUT2D eigenvalue weighted by molar-refractivity contribution is -0.116. The first-order valence-corrected chi connectivity index (χ1v) is 12.1. The van der Waals surface area contributed by atoms with Crippen molar-refractivity contribution in [2.24, 2.45) is 0 Å². The number of hydrogen-bond donors (Lipinski definition) is 2. The van der Waals surface area contributed by atoms with Crippen LogP contribution in [0.1, 0.15) is 57.5 Å². The average molecular weight is 487 g/mol. The van der Waals surface area contributed by atoms with E-state index in [-0.39, 0.29) is 30.4 Å². The molecule has 1 aliphatic carbocycles. The number of rotatable bonds is 9. The molecule has 0 aliphatic heterocycles. The highest BCUT2D eigenvalue weighted by molar-refractivity contribution is 6.06. The number of aryl methyl sites for hydroxylation is 2. The summed E-state index contributed by atoms with van der Waals surface area (Å²) in [4.78, 5) is 38.0. The highest BCUT2D eigenvalue weighted by atomic mass is 16.5. The number of methoxy groups -OCH3 is 2. The van der Waals surface area contributed by atoms with Gasteiger partial charge in [0.25, 0.3) is 5.91 Å². The molecule has 3 aromatic carbocycles. The number of carbonyl (C=O) groups excluding carboxylic acids is 3. The molecule has 0 spiro atoms. The van der Waals surface area contributed by atoms with E-state index in [2.05, 4.69) is 10.6 Å². The van der Waals surface area contributed by atoms with Crippen LogP contribution in [0.5, 0.6) is 11.5 Å². The van der Waals surface area contributed by atoms with E-state index in [1.165, 1.54) is 31.8 Å². The average Bonchev–Trinajstić information content (AvgIpc) is 2.92. The Morgan fingerprint density at radius 2 is 1.36 bits per heavy atom. The molecule has 7 heteroatoms. The predicted molar refractivity (Wildman–Crippen MR) is 139 cm³/mol. The van der Waals surface area contributed by atoms with Crippen molar-refractivity contribution in [2.75, 3.05) is 24.9 Å². The fourth-order valence-corrected chi connectivity index (χ4v) is 4.37. The molecule has 7 nitrogen and oxygen atoms in total. The summed E-state index contributed by atoms with van der Waals surface area (Å²) in [5.41, 5.74) is 4.51. The van der Waals surface area contributed by atoms with Crippen molar-refractivity contribution in [3.8, 4) is 11.5 Å². The zero-order valence-electron chi connectivity index (χ0n) is 20.6. The smallest absolute Gasteiger partial charge is 0.255 e. The van der Waals surface area contributed by atoms with Gasteiger partial charge in [0.2, 0.25) is 5.91 Å². The third kappa shape index (κ3) is 5.92. The van der Waals surface area contributed by atoms with Crippen LogP contribution < -0.4 is 20.1 Å². The van der Waals surface area contributed by atoms with Gasteiger partial charge in [-0.15, -0.1) is 0 Å². The van der Waals surface area contributed by atoms with Crippen LogP contribution in [0, 0.1) is 0 Å². The molecule has 0 saturated heterocycles. The molecule has 0 bridgehead atoms. The Labute approximate surface area is 210 Å². The van der Waals surface area contributed by atoms with E-state index in [9.17, 15) is 14.4 Å². The zero-order chi connectivity index (χ0) is 25.5. The highest BCUT2D eigenvalue weighted by Gasteiger charge is 2.18. The number of carbonyl (C=O) groups is 3. The van der Waals surface area contributed by atoms with Gasteiger partial charge >= 0.3 is 0 Å². The van der Waals surface area contributed by atoms with Crippen molar-refractivity contribution in [3.63, 3.8) is 0 Å². The molecule has 0 unspecified atom stereocenters. The second kappa shape index (κ2) is 11.5. The van der Waals surface area contributed by atoms with Gasteiger partial charge in [0, 0.05) is 36.1 Å². The minimum absolute atomic E-state index is 0.0356. The van der Waals surface area contributed by atoms with E-state index in [1.807, 2.05) is 24.3 Å². The fraction of sp³-hybridized carbons (Fsp3) is 0.276. The number of Topliss-reactive ketones (excluding diaryl/α,β-unsaturated/α-hetero) is 1. The van der Waals surface area contributed by atoms with Crippen LogP contribution in [-0.4, -0.2) is 31.8 Å². The second-order valence-electron chi connectivity index (χ2n) is 8.73. The lowest BCUT2D eigenvalue weighted by Gasteiger charge is -2.17. The molecule has 36 heavy (non-hydrogen) atoms. The minimum Gasteiger partial charge on any atom is -0.494 e. The Kier molecular flexibility index (Phi) is 8.00. The topological polar surface area (TPSA) is 93.7 Å². The van der Waals surface area contributed by atoms with Gasteiger partial charge in [0.15, 0.2) is 5.78 Å². The van der Waals surface area contributed by atoms with Gasteiger partial charge in [-0.25, -0.2) is 0 Å². The van der Waals surface area contributed by atoms with Crippen molar-refractivity contribution in [2.45, 2.75) is 38.5 Å². The number of benzene rings is 3. The van der Waals surface area contributed by atoms with Crippen LogP contribution in [0.2, 0.25) is 0 Å². The quantitative estimate of drug-likeness (QED) is 0.393. The van der Waals surface area contributed by atoms with Gasteiger partial charge < -0.3 is 20.1 Å². The van der Waals surface area contributed by atoms with Gasteiger partial charge in [0.1, 0.15) is 11.5 Å². The Hall–Kier alpha value is -4.13. The number of nitrogens with one attached hydrogen (secondary N) is 2. The van der Waals surface area contributed by atoms with Crippen molar-refractivity contribution in [1.29, 1.82) is 0 Å². The number of hydrogen-bond acceptors (Lipinski definition) is 5. The second-order valence-corrected chi connectivity index (χ2v) is 8.73.